The highest BCUT2D eigenvalue weighted by Gasteiger charge is 2.50. The molecule has 1 amide bonds. The fourth-order valence-corrected chi connectivity index (χ4v) is 13.2. The van der Waals surface area contributed by atoms with Crippen LogP contribution in [0.1, 0.15) is 85.8 Å². The molecule has 2 atom stereocenters. The minimum Gasteiger partial charge on any atom is -0.489 e. The van der Waals surface area contributed by atoms with Gasteiger partial charge in [0.2, 0.25) is 10.0 Å². The first-order valence-electron chi connectivity index (χ1n) is 24.4. The lowest BCUT2D eigenvalue weighted by Crippen LogP contribution is -2.58. The number of pyridine rings is 1. The fourth-order valence-electron chi connectivity index (χ4n) is 11.3. The quantitative estimate of drug-likeness (QED) is 0.0686. The van der Waals surface area contributed by atoms with Crippen molar-refractivity contribution in [2.75, 3.05) is 75.6 Å². The van der Waals surface area contributed by atoms with Gasteiger partial charge >= 0.3 is 0 Å². The molecule has 21 heteroatoms. The van der Waals surface area contributed by atoms with E-state index in [0.717, 1.165) is 75.3 Å². The van der Waals surface area contributed by atoms with Crippen molar-refractivity contribution < 1.29 is 40.8 Å². The number of hydrogen-bond acceptors (Lipinski definition) is 15. The molecule has 10 rings (SSSR count). The number of aromatic nitrogens is 2. The Bertz CT molecular complexity index is 3040. The number of carbonyl (C=O) groups excluding carboxylic acids is 1. The van der Waals surface area contributed by atoms with Gasteiger partial charge in [-0.1, -0.05) is 38.1 Å². The summed E-state index contributed by atoms with van der Waals surface area (Å²) in [7, 11) is -8.04. The lowest BCUT2D eigenvalue weighted by molar-refractivity contribution is -0.384. The summed E-state index contributed by atoms with van der Waals surface area (Å²) in [5, 5.41) is 16.4. The van der Waals surface area contributed by atoms with Crippen LogP contribution in [0.5, 0.6) is 17.2 Å². The van der Waals surface area contributed by atoms with E-state index in [1.165, 1.54) is 23.4 Å². The number of rotatable bonds is 14. The van der Waals surface area contributed by atoms with E-state index in [-0.39, 0.29) is 52.9 Å². The third-order valence-electron chi connectivity index (χ3n) is 15.0. The zero-order valence-corrected chi connectivity index (χ0v) is 41.8. The second kappa shape index (κ2) is 19.6. The molecule has 1 spiro atoms. The van der Waals surface area contributed by atoms with Crippen molar-refractivity contribution in [3.63, 3.8) is 0 Å². The molecule has 3 aromatic carbocycles. The van der Waals surface area contributed by atoms with Crippen molar-refractivity contribution in [2.24, 2.45) is 5.41 Å². The number of ether oxygens (including phenoxy) is 3. The van der Waals surface area contributed by atoms with Crippen molar-refractivity contribution in [1.29, 1.82) is 0 Å². The van der Waals surface area contributed by atoms with Gasteiger partial charge in [-0.2, -0.15) is 0 Å². The normalized spacial score (nSPS) is 21.3. The van der Waals surface area contributed by atoms with Crippen LogP contribution in [0.15, 0.2) is 84.0 Å². The number of piperidine rings is 2. The number of sulfonamides is 2. The lowest BCUT2D eigenvalue weighted by Gasteiger charge is -2.57. The number of amides is 1. The van der Waals surface area contributed by atoms with Gasteiger partial charge in [0.15, 0.2) is 11.4 Å². The number of morpholine rings is 1. The second-order valence-electron chi connectivity index (χ2n) is 20.2. The Hall–Kier alpha value is -5.84. The van der Waals surface area contributed by atoms with Crippen molar-refractivity contribution in [2.45, 2.75) is 87.4 Å². The summed E-state index contributed by atoms with van der Waals surface area (Å²) in [6.45, 7) is 10.2. The maximum Gasteiger partial charge on any atom is 0.297 e. The first-order valence-corrected chi connectivity index (χ1v) is 27.8. The van der Waals surface area contributed by atoms with Crippen LogP contribution in [0, 0.1) is 15.5 Å². The van der Waals surface area contributed by atoms with E-state index in [1.807, 2.05) is 6.07 Å². The third kappa shape index (κ3) is 10.6. The summed E-state index contributed by atoms with van der Waals surface area (Å²) in [4.78, 5) is 40.0. The molecule has 0 radical (unpaired) electrons. The molecule has 6 heterocycles. The van der Waals surface area contributed by atoms with E-state index in [0.29, 0.717) is 62.4 Å². The van der Waals surface area contributed by atoms with E-state index in [1.54, 1.807) is 30.5 Å². The Labute approximate surface area is 413 Å². The topological polar surface area (TPSA) is 231 Å². The summed E-state index contributed by atoms with van der Waals surface area (Å²) in [5.74, 6) is -0.163. The molecule has 1 saturated carbocycles. The zero-order chi connectivity index (χ0) is 49.7. The van der Waals surface area contributed by atoms with E-state index in [9.17, 15) is 31.7 Å². The number of H-pyrrole nitrogens is 1. The molecule has 0 unspecified atom stereocenters. The number of hydrogen-bond donors (Lipinski definition) is 4. The standard InChI is InChI=1S/C50H61N9O10S2/c1-32(2)40-6-4-5-7-41(40)44-31-67-21-20-58(44)37-26-50(27-37)13-18-57(19-14-50)36-8-9-42(45(23-36)69-38-22-33-10-15-51-48(33)52-28-38)49(60)55-71(65,66)39-24-43(59(61)62)47-46(25-39)68-30-35(53-47)29-56-16-11-34(12-17-56)54-70(3,63)64/h4-10,15,22-25,28,32,34-35,37,44,53-54H,11-14,16-21,26-27,29-31H2,1-3H3,(H,51,52)(H,55,60)/t35-,44+/m0/s1. The molecule has 5 aromatic rings. The summed E-state index contributed by atoms with van der Waals surface area (Å²) in [6.07, 6.45) is 9.89. The Morgan fingerprint density at radius 2 is 1.76 bits per heavy atom. The maximum absolute atomic E-state index is 14.2. The number of nitrogens with zero attached hydrogens (tertiary/aromatic N) is 5. The largest absolute Gasteiger partial charge is 0.489 e. The van der Waals surface area contributed by atoms with Gasteiger partial charge < -0.3 is 34.3 Å². The van der Waals surface area contributed by atoms with Gasteiger partial charge in [-0.3, -0.25) is 19.8 Å². The van der Waals surface area contributed by atoms with Gasteiger partial charge in [0.1, 0.15) is 23.8 Å². The number of aromatic amines is 1. The molecule has 5 aliphatic rings. The third-order valence-corrected chi connectivity index (χ3v) is 17.1. The highest BCUT2D eigenvalue weighted by molar-refractivity contribution is 7.90. The SMILES string of the molecule is CC(C)c1ccccc1[C@H]1COCCN1C1CC2(CCN(c3ccc(C(=O)NS(=O)(=O)c4cc5c(c([N+](=O)[O-])c4)N[C@@H](CN4CCC(NS(C)(=O)=O)CC4)CO5)c(Oc4cnc5[nH]ccc5c4)c3)CC2)C1. The number of carbonyl (C=O) groups is 1. The minimum absolute atomic E-state index is 0.0270. The van der Waals surface area contributed by atoms with Crippen LogP contribution in [-0.2, 0) is 24.8 Å². The smallest absolute Gasteiger partial charge is 0.297 e. The van der Waals surface area contributed by atoms with E-state index in [2.05, 4.69) is 77.5 Å². The fraction of sp³-hybridized carbons (Fsp3) is 0.480. The number of nitro benzene ring substituents is 1. The van der Waals surface area contributed by atoms with E-state index < -0.39 is 41.5 Å². The summed E-state index contributed by atoms with van der Waals surface area (Å²) in [6, 6.07) is 19.7. The van der Waals surface area contributed by atoms with Crippen molar-refractivity contribution in [3.8, 4) is 17.2 Å². The molecule has 71 heavy (non-hydrogen) atoms. The number of likely N-dealkylation sites (tertiary alicyclic amines) is 1. The molecule has 378 valence electrons. The van der Waals surface area contributed by atoms with Crippen LogP contribution in [0.3, 0.4) is 0 Å². The number of nitro groups is 1. The monoisotopic (exact) mass is 1010 g/mol. The molecule has 4 aliphatic heterocycles. The predicted octanol–water partition coefficient (Wildman–Crippen LogP) is 6.51. The minimum atomic E-state index is -4.70. The summed E-state index contributed by atoms with van der Waals surface area (Å²) >= 11 is 0. The second-order valence-corrected chi connectivity index (χ2v) is 23.6. The molecule has 0 bridgehead atoms. The summed E-state index contributed by atoms with van der Waals surface area (Å²) in [5.41, 5.74) is 3.88. The Morgan fingerprint density at radius 3 is 2.51 bits per heavy atom. The van der Waals surface area contributed by atoms with Gasteiger partial charge in [-0.25, -0.2) is 31.3 Å². The predicted molar refractivity (Wildman–Crippen MR) is 268 cm³/mol. The van der Waals surface area contributed by atoms with Crippen molar-refractivity contribution >= 4 is 54.0 Å². The molecule has 1 aliphatic carbocycles. The number of fused-ring (bicyclic) bond motifs is 2. The van der Waals surface area contributed by atoms with Gasteiger partial charge in [0.05, 0.1) is 53.1 Å². The molecule has 19 nitrogen and oxygen atoms in total. The van der Waals surface area contributed by atoms with Gasteiger partial charge in [-0.15, -0.1) is 0 Å². The lowest BCUT2D eigenvalue weighted by atomic mass is 9.59. The number of nitrogens with one attached hydrogen (secondary N) is 4. The number of benzene rings is 3. The van der Waals surface area contributed by atoms with Crippen LogP contribution in [0.25, 0.3) is 11.0 Å². The highest BCUT2D eigenvalue weighted by atomic mass is 32.2. The van der Waals surface area contributed by atoms with Crippen LogP contribution >= 0.6 is 0 Å². The molecular weight excluding hydrogens is 951 g/mol. The zero-order valence-electron chi connectivity index (χ0n) is 40.1. The average Bonchev–Trinajstić information content (AvgIpc) is 3.81. The molecular formula is C50H61N9O10S2. The molecule has 3 saturated heterocycles. The Morgan fingerprint density at radius 1 is 0.986 bits per heavy atom. The van der Waals surface area contributed by atoms with E-state index >= 15 is 0 Å². The molecule has 4 fully saturated rings. The first kappa shape index (κ1) is 48.8. The van der Waals surface area contributed by atoms with E-state index in [4.69, 9.17) is 14.2 Å². The Kier molecular flexibility index (Phi) is 13.5. The van der Waals surface area contributed by atoms with Crippen LogP contribution in [0.4, 0.5) is 17.1 Å². The van der Waals surface area contributed by atoms with Gasteiger partial charge in [0.25, 0.3) is 21.6 Å². The Balaban J connectivity index is 0.831. The van der Waals surface area contributed by atoms with Crippen LogP contribution in [0.2, 0.25) is 0 Å². The number of anilines is 2. The van der Waals surface area contributed by atoms with Gasteiger partial charge in [0, 0.05) is 73.7 Å². The molecule has 2 aromatic heterocycles. The molecule has 4 N–H and O–H groups in total. The van der Waals surface area contributed by atoms with Crippen LogP contribution in [-0.4, -0.2) is 131 Å². The average molecular weight is 1010 g/mol. The van der Waals surface area contributed by atoms with Crippen molar-refractivity contribution in [3.05, 3.63) is 106 Å². The summed E-state index contributed by atoms with van der Waals surface area (Å²) < 4.78 is 74.6. The highest BCUT2D eigenvalue weighted by Crippen LogP contribution is 2.53. The van der Waals surface area contributed by atoms with Crippen molar-refractivity contribution in [1.82, 2.24) is 29.2 Å². The maximum atomic E-state index is 14.2. The van der Waals surface area contributed by atoms with Gasteiger partial charge in [-0.05, 0) is 98.3 Å². The van der Waals surface area contributed by atoms with Crippen LogP contribution < -0.4 is 29.1 Å². The first-order chi connectivity index (χ1) is 34.0.